The monoisotopic (exact) mass is 276 g/mol. The molecule has 0 radical (unpaired) electrons. The van der Waals surface area contributed by atoms with Crippen molar-refractivity contribution >= 4 is 11.6 Å². The SMILES string of the molecule is CCOc1ccc(NC(=O)c2cc(F)ccc2O)cn1. The van der Waals surface area contributed by atoms with Gasteiger partial charge < -0.3 is 15.2 Å². The number of nitrogens with one attached hydrogen (secondary N) is 1. The van der Waals surface area contributed by atoms with E-state index in [9.17, 15) is 14.3 Å². The standard InChI is InChI=1S/C14H13FN2O3/c1-2-20-13-6-4-10(8-16-13)17-14(19)11-7-9(15)3-5-12(11)18/h3-8,18H,2H2,1H3,(H,17,19). The van der Waals surface area contributed by atoms with Gasteiger partial charge in [-0.05, 0) is 31.2 Å². The Bertz CT molecular complexity index is 614. The number of ether oxygens (including phenoxy) is 1. The highest BCUT2D eigenvalue weighted by Crippen LogP contribution is 2.20. The fraction of sp³-hybridized carbons (Fsp3) is 0.143. The lowest BCUT2D eigenvalue weighted by Gasteiger charge is -2.07. The van der Waals surface area contributed by atoms with Gasteiger partial charge in [-0.3, -0.25) is 4.79 Å². The summed E-state index contributed by atoms with van der Waals surface area (Å²) < 4.78 is 18.2. The molecule has 1 heterocycles. The van der Waals surface area contributed by atoms with Crippen LogP contribution in [0, 0.1) is 5.82 Å². The minimum absolute atomic E-state index is 0.140. The number of carbonyl (C=O) groups is 1. The van der Waals surface area contributed by atoms with E-state index in [-0.39, 0.29) is 11.3 Å². The van der Waals surface area contributed by atoms with Crippen molar-refractivity contribution in [2.24, 2.45) is 0 Å². The van der Waals surface area contributed by atoms with Gasteiger partial charge in [0.1, 0.15) is 11.6 Å². The number of aromatic hydroxyl groups is 1. The molecule has 0 saturated heterocycles. The number of aromatic nitrogens is 1. The Balaban J connectivity index is 2.13. The summed E-state index contributed by atoms with van der Waals surface area (Å²) in [5.41, 5.74) is 0.279. The minimum atomic E-state index is -0.618. The summed E-state index contributed by atoms with van der Waals surface area (Å²) in [6.07, 6.45) is 1.42. The maximum Gasteiger partial charge on any atom is 0.259 e. The summed E-state index contributed by atoms with van der Waals surface area (Å²) in [6.45, 7) is 2.33. The molecule has 1 amide bonds. The number of nitrogens with zero attached hydrogens (tertiary/aromatic N) is 1. The topological polar surface area (TPSA) is 71.5 Å². The van der Waals surface area contributed by atoms with E-state index in [0.29, 0.717) is 18.2 Å². The smallest absolute Gasteiger partial charge is 0.259 e. The second-order valence-electron chi connectivity index (χ2n) is 3.93. The molecule has 0 saturated carbocycles. The van der Waals surface area contributed by atoms with Gasteiger partial charge in [-0.1, -0.05) is 0 Å². The number of hydrogen-bond acceptors (Lipinski definition) is 4. The zero-order valence-electron chi connectivity index (χ0n) is 10.8. The van der Waals surface area contributed by atoms with Crippen molar-refractivity contribution in [3.63, 3.8) is 0 Å². The molecule has 104 valence electrons. The van der Waals surface area contributed by atoms with Crippen LogP contribution in [0.4, 0.5) is 10.1 Å². The van der Waals surface area contributed by atoms with Gasteiger partial charge in [0, 0.05) is 6.07 Å². The first-order chi connectivity index (χ1) is 9.60. The molecule has 0 bridgehead atoms. The molecule has 0 aliphatic carbocycles. The summed E-state index contributed by atoms with van der Waals surface area (Å²) in [7, 11) is 0. The first-order valence-electron chi connectivity index (χ1n) is 5.99. The van der Waals surface area contributed by atoms with Gasteiger partial charge in [-0.15, -0.1) is 0 Å². The van der Waals surface area contributed by atoms with Crippen LogP contribution >= 0.6 is 0 Å². The van der Waals surface area contributed by atoms with Crippen LogP contribution < -0.4 is 10.1 Å². The molecule has 5 nitrogen and oxygen atoms in total. The zero-order valence-corrected chi connectivity index (χ0v) is 10.8. The molecule has 2 N–H and O–H groups in total. The summed E-state index contributed by atoms with van der Waals surface area (Å²) in [6, 6.07) is 6.37. The van der Waals surface area contributed by atoms with Gasteiger partial charge in [-0.2, -0.15) is 0 Å². The van der Waals surface area contributed by atoms with E-state index in [4.69, 9.17) is 4.74 Å². The van der Waals surface area contributed by atoms with Crippen LogP contribution in [-0.2, 0) is 0 Å². The lowest BCUT2D eigenvalue weighted by atomic mass is 10.2. The highest BCUT2D eigenvalue weighted by atomic mass is 19.1. The third-order valence-electron chi connectivity index (χ3n) is 2.49. The third kappa shape index (κ3) is 3.23. The average Bonchev–Trinajstić information content (AvgIpc) is 2.44. The van der Waals surface area contributed by atoms with Crippen LogP contribution in [0.15, 0.2) is 36.5 Å². The Morgan fingerprint density at radius 2 is 2.20 bits per heavy atom. The summed E-state index contributed by atoms with van der Waals surface area (Å²) >= 11 is 0. The van der Waals surface area contributed by atoms with Gasteiger partial charge in [0.05, 0.1) is 24.1 Å². The van der Waals surface area contributed by atoms with Crippen molar-refractivity contribution in [1.29, 1.82) is 0 Å². The van der Waals surface area contributed by atoms with Gasteiger partial charge >= 0.3 is 0 Å². The Kier molecular flexibility index (Phi) is 4.14. The van der Waals surface area contributed by atoms with Gasteiger partial charge in [0.25, 0.3) is 5.91 Å². The Morgan fingerprint density at radius 3 is 2.85 bits per heavy atom. The molecule has 0 aliphatic rings. The number of rotatable bonds is 4. The molecular formula is C14H13FN2O3. The van der Waals surface area contributed by atoms with Crippen LogP contribution in [0.1, 0.15) is 17.3 Å². The van der Waals surface area contributed by atoms with E-state index >= 15 is 0 Å². The molecule has 1 aromatic carbocycles. The van der Waals surface area contributed by atoms with Crippen LogP contribution in [-0.4, -0.2) is 22.6 Å². The summed E-state index contributed by atoms with van der Waals surface area (Å²) in [4.78, 5) is 15.9. The largest absolute Gasteiger partial charge is 0.507 e. The highest BCUT2D eigenvalue weighted by molar-refractivity contribution is 6.06. The summed E-state index contributed by atoms with van der Waals surface area (Å²) in [5.74, 6) is -1.06. The number of phenolic OH excluding ortho intramolecular Hbond substituents is 1. The molecule has 20 heavy (non-hydrogen) atoms. The first-order valence-corrected chi connectivity index (χ1v) is 5.99. The number of amides is 1. The molecule has 0 aliphatic heterocycles. The molecular weight excluding hydrogens is 263 g/mol. The van der Waals surface area contributed by atoms with Crippen LogP contribution in [0.3, 0.4) is 0 Å². The minimum Gasteiger partial charge on any atom is -0.507 e. The molecule has 1 aromatic heterocycles. The van der Waals surface area contributed by atoms with Crippen molar-refractivity contribution in [2.75, 3.05) is 11.9 Å². The predicted molar refractivity (Wildman–Crippen MR) is 71.4 cm³/mol. The van der Waals surface area contributed by atoms with E-state index in [1.165, 1.54) is 6.20 Å². The summed E-state index contributed by atoms with van der Waals surface area (Å²) in [5, 5.41) is 12.0. The highest BCUT2D eigenvalue weighted by Gasteiger charge is 2.12. The number of carbonyl (C=O) groups excluding carboxylic acids is 1. The Labute approximate surface area is 115 Å². The quantitative estimate of drug-likeness (QED) is 0.900. The predicted octanol–water partition coefficient (Wildman–Crippen LogP) is 2.58. The number of benzene rings is 1. The maximum atomic E-state index is 13.1. The number of phenols is 1. The van der Waals surface area contributed by atoms with E-state index in [0.717, 1.165) is 18.2 Å². The maximum absolute atomic E-state index is 13.1. The van der Waals surface area contributed by atoms with E-state index < -0.39 is 11.7 Å². The van der Waals surface area contributed by atoms with Crippen molar-refractivity contribution < 1.29 is 19.0 Å². The Morgan fingerprint density at radius 1 is 1.40 bits per heavy atom. The van der Waals surface area contributed by atoms with Crippen molar-refractivity contribution in [3.8, 4) is 11.6 Å². The van der Waals surface area contributed by atoms with Crippen molar-refractivity contribution in [1.82, 2.24) is 4.98 Å². The fourth-order valence-corrected chi connectivity index (χ4v) is 1.58. The third-order valence-corrected chi connectivity index (χ3v) is 2.49. The van der Waals surface area contributed by atoms with E-state index in [1.807, 2.05) is 6.92 Å². The number of hydrogen-bond donors (Lipinski definition) is 2. The number of anilines is 1. The van der Waals surface area contributed by atoms with Gasteiger partial charge in [0.15, 0.2) is 0 Å². The molecule has 6 heteroatoms. The van der Waals surface area contributed by atoms with E-state index in [2.05, 4.69) is 10.3 Å². The molecule has 2 aromatic rings. The molecule has 0 atom stereocenters. The molecule has 2 rings (SSSR count). The lowest BCUT2D eigenvalue weighted by molar-refractivity contribution is 0.102. The van der Waals surface area contributed by atoms with Crippen molar-refractivity contribution in [3.05, 3.63) is 47.9 Å². The lowest BCUT2D eigenvalue weighted by Crippen LogP contribution is -2.12. The normalized spacial score (nSPS) is 10.1. The van der Waals surface area contributed by atoms with Gasteiger partial charge in [0.2, 0.25) is 5.88 Å². The van der Waals surface area contributed by atoms with Gasteiger partial charge in [-0.25, -0.2) is 9.37 Å². The van der Waals surface area contributed by atoms with Crippen LogP contribution in [0.25, 0.3) is 0 Å². The molecule has 0 unspecified atom stereocenters. The second kappa shape index (κ2) is 6.01. The van der Waals surface area contributed by atoms with Crippen LogP contribution in [0.5, 0.6) is 11.6 Å². The van der Waals surface area contributed by atoms with Crippen molar-refractivity contribution in [2.45, 2.75) is 6.92 Å². The van der Waals surface area contributed by atoms with E-state index in [1.54, 1.807) is 12.1 Å². The number of halogens is 1. The Hall–Kier alpha value is -2.63. The fourth-order valence-electron chi connectivity index (χ4n) is 1.58. The molecule has 0 fully saturated rings. The molecule has 0 spiro atoms. The van der Waals surface area contributed by atoms with Crippen LogP contribution in [0.2, 0.25) is 0 Å². The number of pyridine rings is 1. The second-order valence-corrected chi connectivity index (χ2v) is 3.93. The zero-order chi connectivity index (χ0) is 14.5. The average molecular weight is 276 g/mol. The first kappa shape index (κ1) is 13.8.